The van der Waals surface area contributed by atoms with Crippen molar-refractivity contribution in [3.05, 3.63) is 88.7 Å². The van der Waals surface area contributed by atoms with Gasteiger partial charge in [-0.3, -0.25) is 13.9 Å². The fourth-order valence-electron chi connectivity index (χ4n) is 5.14. The molecule has 1 N–H and O–H groups in total. The number of carbonyl (C=O) groups excluding carboxylic acids is 2. The summed E-state index contributed by atoms with van der Waals surface area (Å²) in [5.74, 6) is -0.361. The van der Waals surface area contributed by atoms with E-state index in [2.05, 4.69) is 5.32 Å². The first-order chi connectivity index (χ1) is 21.1. The first-order valence-electron chi connectivity index (χ1n) is 14.4. The quantitative estimate of drug-likeness (QED) is 0.142. The van der Waals surface area contributed by atoms with E-state index in [9.17, 15) is 22.4 Å². The molecule has 1 saturated carbocycles. The molecule has 9 nitrogen and oxygen atoms in total. The van der Waals surface area contributed by atoms with Gasteiger partial charge < -0.3 is 19.2 Å². The highest BCUT2D eigenvalue weighted by Crippen LogP contribution is 2.48. The summed E-state index contributed by atoms with van der Waals surface area (Å²) >= 11 is 0. The number of anilines is 1. The number of hydrogen-bond acceptors (Lipinski definition) is 7. The number of sulfonamides is 1. The van der Waals surface area contributed by atoms with E-state index in [0.29, 0.717) is 46.6 Å². The van der Waals surface area contributed by atoms with Crippen molar-refractivity contribution in [3.63, 3.8) is 0 Å². The average Bonchev–Trinajstić information content (AvgIpc) is 3.77. The van der Waals surface area contributed by atoms with E-state index in [4.69, 9.17) is 13.9 Å². The number of ether oxygens (including phenoxy) is 2. The molecule has 232 valence electrons. The molecule has 0 radical (unpaired) electrons. The molecular formula is C33H35FN2O7S. The standard InChI is InChI=1S/C33H35FN2O7S/c1-21(37)25-6-4-5-22(17-25)20-42-16-15-41-14-13-36(44(3,39)40)29-19-30-28(18-27(29)23-7-8-23)31(33(38)35-2)32(43-30)24-9-11-26(34)12-10-24/h4-6,9-12,17-19,23H,7-8,13-16,20H2,1-3H3,(H,35,38). The van der Waals surface area contributed by atoms with Crippen molar-refractivity contribution in [2.75, 3.05) is 44.0 Å². The number of rotatable bonds is 14. The number of ketones is 1. The van der Waals surface area contributed by atoms with Crippen LogP contribution in [0.3, 0.4) is 0 Å². The van der Waals surface area contributed by atoms with E-state index < -0.39 is 15.8 Å². The topological polar surface area (TPSA) is 115 Å². The number of benzene rings is 3. The Kier molecular flexibility index (Phi) is 9.48. The molecule has 4 aromatic rings. The van der Waals surface area contributed by atoms with E-state index in [0.717, 1.165) is 30.2 Å². The Morgan fingerprint density at radius 3 is 2.41 bits per heavy atom. The first-order valence-corrected chi connectivity index (χ1v) is 16.2. The summed E-state index contributed by atoms with van der Waals surface area (Å²) in [5, 5.41) is 3.21. The molecule has 3 aromatic carbocycles. The normalized spacial score (nSPS) is 13.3. The molecule has 1 aliphatic rings. The average molecular weight is 623 g/mol. The molecular weight excluding hydrogens is 587 g/mol. The van der Waals surface area contributed by atoms with Gasteiger partial charge in [0.2, 0.25) is 10.0 Å². The van der Waals surface area contributed by atoms with Gasteiger partial charge in [-0.15, -0.1) is 0 Å². The van der Waals surface area contributed by atoms with Gasteiger partial charge in [-0.1, -0.05) is 18.2 Å². The van der Waals surface area contributed by atoms with Crippen molar-refractivity contribution in [3.8, 4) is 11.3 Å². The molecule has 1 heterocycles. The molecule has 0 saturated heterocycles. The predicted molar refractivity (Wildman–Crippen MR) is 166 cm³/mol. The third-order valence-corrected chi connectivity index (χ3v) is 8.68. The van der Waals surface area contributed by atoms with Gasteiger partial charge in [0.05, 0.1) is 50.5 Å². The summed E-state index contributed by atoms with van der Waals surface area (Å²) in [6.45, 7) is 2.59. The number of Topliss-reactive ketones (excluding diaryl/α,β-unsaturated/α-hetero) is 1. The number of halogens is 1. The molecule has 1 amide bonds. The van der Waals surface area contributed by atoms with Crippen LogP contribution in [0.25, 0.3) is 22.3 Å². The summed E-state index contributed by atoms with van der Waals surface area (Å²) in [6.07, 6.45) is 2.95. The number of carbonyl (C=O) groups is 2. The molecule has 5 rings (SSSR count). The van der Waals surface area contributed by atoms with Crippen LogP contribution >= 0.6 is 0 Å². The molecule has 1 aliphatic carbocycles. The first kappa shape index (κ1) is 31.4. The van der Waals surface area contributed by atoms with E-state index in [-0.39, 0.29) is 43.1 Å². The summed E-state index contributed by atoms with van der Waals surface area (Å²) in [6, 6.07) is 16.4. The van der Waals surface area contributed by atoms with Crippen LogP contribution in [0.5, 0.6) is 0 Å². The summed E-state index contributed by atoms with van der Waals surface area (Å²) in [5.41, 5.74) is 3.98. The van der Waals surface area contributed by atoms with Gasteiger partial charge in [0.15, 0.2) is 5.78 Å². The highest BCUT2D eigenvalue weighted by Gasteiger charge is 2.33. The second kappa shape index (κ2) is 13.3. The SMILES string of the molecule is CNC(=O)c1c(-c2ccc(F)cc2)oc2cc(N(CCOCCOCc3cccc(C(C)=O)c3)S(C)(=O)=O)c(C3CC3)cc12. The molecule has 0 atom stereocenters. The molecule has 44 heavy (non-hydrogen) atoms. The van der Waals surface area contributed by atoms with Crippen molar-refractivity contribution in [2.24, 2.45) is 0 Å². The number of furan rings is 1. The molecule has 0 aliphatic heterocycles. The van der Waals surface area contributed by atoms with Crippen LogP contribution in [-0.4, -0.2) is 59.8 Å². The van der Waals surface area contributed by atoms with E-state index in [1.807, 2.05) is 18.2 Å². The Balaban J connectivity index is 1.34. The largest absolute Gasteiger partial charge is 0.455 e. The van der Waals surface area contributed by atoms with Crippen LogP contribution in [0.15, 0.2) is 65.1 Å². The highest BCUT2D eigenvalue weighted by atomic mass is 32.2. The third-order valence-electron chi connectivity index (χ3n) is 7.50. The zero-order valence-corrected chi connectivity index (χ0v) is 25.7. The van der Waals surface area contributed by atoms with Crippen molar-refractivity contribution in [1.29, 1.82) is 0 Å². The van der Waals surface area contributed by atoms with Crippen molar-refractivity contribution >= 4 is 38.4 Å². The molecule has 0 bridgehead atoms. The zero-order valence-electron chi connectivity index (χ0n) is 24.9. The second-order valence-electron chi connectivity index (χ2n) is 10.8. The number of nitrogens with zero attached hydrogens (tertiary/aromatic N) is 1. The maximum Gasteiger partial charge on any atom is 0.255 e. The Bertz CT molecular complexity index is 1780. The second-order valence-corrected chi connectivity index (χ2v) is 12.7. The Morgan fingerprint density at radius 1 is 1.02 bits per heavy atom. The van der Waals surface area contributed by atoms with Crippen LogP contribution in [0, 0.1) is 5.82 Å². The minimum absolute atomic E-state index is 0.0122. The van der Waals surface area contributed by atoms with E-state index in [1.165, 1.54) is 42.5 Å². The lowest BCUT2D eigenvalue weighted by atomic mass is 10.0. The van der Waals surface area contributed by atoms with Crippen LogP contribution in [0.4, 0.5) is 10.1 Å². The Hall–Kier alpha value is -4.06. The lowest BCUT2D eigenvalue weighted by molar-refractivity contribution is 0.0435. The monoisotopic (exact) mass is 622 g/mol. The summed E-state index contributed by atoms with van der Waals surface area (Å²) in [7, 11) is -2.19. The molecule has 0 unspecified atom stereocenters. The van der Waals surface area contributed by atoms with Crippen molar-refractivity contribution in [1.82, 2.24) is 5.32 Å². The molecule has 0 spiro atoms. The fourth-order valence-corrected chi connectivity index (χ4v) is 6.07. The van der Waals surface area contributed by atoms with E-state index in [1.54, 1.807) is 18.2 Å². The van der Waals surface area contributed by atoms with Crippen LogP contribution in [0.1, 0.15) is 57.5 Å². The third kappa shape index (κ3) is 7.18. The molecule has 1 aromatic heterocycles. The predicted octanol–water partition coefficient (Wildman–Crippen LogP) is 5.68. The number of nitrogens with one attached hydrogen (secondary N) is 1. The van der Waals surface area contributed by atoms with Gasteiger partial charge in [0, 0.05) is 29.6 Å². The summed E-state index contributed by atoms with van der Waals surface area (Å²) in [4.78, 5) is 24.6. The maximum absolute atomic E-state index is 13.6. The van der Waals surface area contributed by atoms with Gasteiger partial charge in [-0.25, -0.2) is 12.8 Å². The van der Waals surface area contributed by atoms with Crippen LogP contribution in [0.2, 0.25) is 0 Å². The maximum atomic E-state index is 13.6. The molecule has 1 fully saturated rings. The van der Waals surface area contributed by atoms with Gasteiger partial charge in [0.1, 0.15) is 17.2 Å². The summed E-state index contributed by atoms with van der Waals surface area (Å²) < 4.78 is 58.6. The number of fused-ring (bicyclic) bond motifs is 1. The highest BCUT2D eigenvalue weighted by molar-refractivity contribution is 7.92. The minimum atomic E-state index is -3.71. The lowest BCUT2D eigenvalue weighted by Gasteiger charge is -2.25. The van der Waals surface area contributed by atoms with Gasteiger partial charge >= 0.3 is 0 Å². The Labute approximate surface area is 256 Å². The Morgan fingerprint density at radius 2 is 1.75 bits per heavy atom. The lowest BCUT2D eigenvalue weighted by Crippen LogP contribution is -2.34. The van der Waals surface area contributed by atoms with E-state index >= 15 is 0 Å². The minimum Gasteiger partial charge on any atom is -0.455 e. The van der Waals surface area contributed by atoms with Gasteiger partial charge in [-0.05, 0) is 73.2 Å². The van der Waals surface area contributed by atoms with Crippen molar-refractivity contribution < 1.29 is 36.3 Å². The molecule has 11 heteroatoms. The zero-order chi connectivity index (χ0) is 31.4. The van der Waals surface area contributed by atoms with Gasteiger partial charge in [0.25, 0.3) is 5.91 Å². The van der Waals surface area contributed by atoms with Crippen LogP contribution < -0.4 is 9.62 Å². The number of hydrogen-bond donors (Lipinski definition) is 1. The smallest absolute Gasteiger partial charge is 0.255 e. The number of amides is 1. The van der Waals surface area contributed by atoms with Crippen LogP contribution in [-0.2, 0) is 26.1 Å². The fraction of sp³-hybridized carbons (Fsp3) is 0.333. The van der Waals surface area contributed by atoms with Crippen molar-refractivity contribution in [2.45, 2.75) is 32.3 Å². The van der Waals surface area contributed by atoms with Gasteiger partial charge in [-0.2, -0.15) is 0 Å².